The van der Waals surface area contributed by atoms with Gasteiger partial charge in [0.05, 0.1) is 6.61 Å². The van der Waals surface area contributed by atoms with Crippen LogP contribution in [0.2, 0.25) is 0 Å². The molecule has 0 bridgehead atoms. The highest BCUT2D eigenvalue weighted by Gasteiger charge is 2.34. The van der Waals surface area contributed by atoms with Crippen LogP contribution in [0.3, 0.4) is 0 Å². The Morgan fingerprint density at radius 2 is 1.94 bits per heavy atom. The van der Waals surface area contributed by atoms with Crippen LogP contribution in [-0.2, 0) is 0 Å². The average Bonchev–Trinajstić information content (AvgIpc) is 2.49. The lowest BCUT2D eigenvalue weighted by atomic mass is 9.72. The van der Waals surface area contributed by atoms with Gasteiger partial charge in [0.1, 0.15) is 5.75 Å². The molecule has 86 valence electrons. The van der Waals surface area contributed by atoms with E-state index < -0.39 is 0 Å². The number of fused-ring (bicyclic) bond motifs is 2. The third-order valence-corrected chi connectivity index (χ3v) is 4.47. The molecule has 0 N–H and O–H groups in total. The number of hydrogen-bond acceptors (Lipinski definition) is 1. The molecule has 1 aromatic rings. The first-order valence-corrected chi connectivity index (χ1v) is 6.58. The molecule has 0 saturated heterocycles. The van der Waals surface area contributed by atoms with E-state index in [1.54, 1.807) is 0 Å². The van der Waals surface area contributed by atoms with Crippen LogP contribution in [-0.4, -0.2) is 6.61 Å². The lowest BCUT2D eigenvalue weighted by molar-refractivity contribution is 0.151. The van der Waals surface area contributed by atoms with Crippen molar-refractivity contribution in [3.05, 3.63) is 29.8 Å². The van der Waals surface area contributed by atoms with E-state index in [9.17, 15) is 0 Å². The Bertz CT molecular complexity index is 371. The van der Waals surface area contributed by atoms with Crippen molar-refractivity contribution in [2.24, 2.45) is 11.8 Å². The molecule has 1 heteroatoms. The van der Waals surface area contributed by atoms with Crippen molar-refractivity contribution in [3.8, 4) is 5.75 Å². The van der Waals surface area contributed by atoms with Gasteiger partial charge in [-0.2, -0.15) is 0 Å². The summed E-state index contributed by atoms with van der Waals surface area (Å²) >= 11 is 0. The second-order valence-electron chi connectivity index (χ2n) is 5.35. The van der Waals surface area contributed by atoms with E-state index in [0.29, 0.717) is 5.92 Å². The Balaban J connectivity index is 1.96. The lowest BCUT2D eigenvalue weighted by Crippen LogP contribution is -2.26. The SMILES string of the molecule is CC1c2ccccc2OCC2CCCCC21. The molecule has 1 aliphatic carbocycles. The number of para-hydroxylation sites is 1. The summed E-state index contributed by atoms with van der Waals surface area (Å²) in [7, 11) is 0. The zero-order chi connectivity index (χ0) is 11.0. The maximum atomic E-state index is 5.99. The lowest BCUT2D eigenvalue weighted by Gasteiger charge is -2.32. The van der Waals surface area contributed by atoms with Gasteiger partial charge in [0.15, 0.2) is 0 Å². The summed E-state index contributed by atoms with van der Waals surface area (Å²) in [5, 5.41) is 0. The molecule has 1 aromatic carbocycles. The largest absolute Gasteiger partial charge is 0.493 e. The average molecular weight is 216 g/mol. The highest BCUT2D eigenvalue weighted by molar-refractivity contribution is 5.37. The molecule has 1 nitrogen and oxygen atoms in total. The Labute approximate surface area is 97.8 Å². The van der Waals surface area contributed by atoms with Crippen molar-refractivity contribution < 1.29 is 4.74 Å². The van der Waals surface area contributed by atoms with E-state index in [0.717, 1.165) is 24.2 Å². The van der Waals surface area contributed by atoms with Crippen molar-refractivity contribution in [1.82, 2.24) is 0 Å². The van der Waals surface area contributed by atoms with Gasteiger partial charge in [-0.1, -0.05) is 38.0 Å². The molecule has 0 radical (unpaired) electrons. The zero-order valence-electron chi connectivity index (χ0n) is 9.99. The summed E-state index contributed by atoms with van der Waals surface area (Å²) in [6, 6.07) is 8.60. The van der Waals surface area contributed by atoms with Crippen LogP contribution in [0.5, 0.6) is 5.75 Å². The van der Waals surface area contributed by atoms with E-state index in [2.05, 4.69) is 31.2 Å². The van der Waals surface area contributed by atoms with E-state index in [4.69, 9.17) is 4.74 Å². The normalized spacial score (nSPS) is 33.2. The highest BCUT2D eigenvalue weighted by Crippen LogP contribution is 2.44. The molecular weight excluding hydrogens is 196 g/mol. The van der Waals surface area contributed by atoms with Crippen LogP contribution in [0.1, 0.15) is 44.1 Å². The Kier molecular flexibility index (Phi) is 2.62. The van der Waals surface area contributed by atoms with Crippen molar-refractivity contribution in [2.75, 3.05) is 6.61 Å². The Morgan fingerprint density at radius 3 is 2.88 bits per heavy atom. The molecule has 1 fully saturated rings. The van der Waals surface area contributed by atoms with Gasteiger partial charge in [0.2, 0.25) is 0 Å². The maximum absolute atomic E-state index is 5.99. The van der Waals surface area contributed by atoms with Gasteiger partial charge in [-0.05, 0) is 42.2 Å². The molecule has 16 heavy (non-hydrogen) atoms. The Morgan fingerprint density at radius 1 is 1.12 bits per heavy atom. The maximum Gasteiger partial charge on any atom is 0.122 e. The quantitative estimate of drug-likeness (QED) is 0.637. The molecular formula is C15H20O. The monoisotopic (exact) mass is 216 g/mol. The minimum Gasteiger partial charge on any atom is -0.493 e. The topological polar surface area (TPSA) is 9.23 Å². The third kappa shape index (κ3) is 1.63. The van der Waals surface area contributed by atoms with E-state index in [1.807, 2.05) is 0 Å². The fraction of sp³-hybridized carbons (Fsp3) is 0.600. The molecule has 1 saturated carbocycles. The molecule has 1 aliphatic heterocycles. The van der Waals surface area contributed by atoms with Crippen LogP contribution in [0, 0.1) is 11.8 Å². The van der Waals surface area contributed by atoms with Gasteiger partial charge in [-0.25, -0.2) is 0 Å². The summed E-state index contributed by atoms with van der Waals surface area (Å²) in [5.74, 6) is 3.43. The summed E-state index contributed by atoms with van der Waals surface area (Å²) in [6.45, 7) is 3.32. The summed E-state index contributed by atoms with van der Waals surface area (Å²) in [6.07, 6.45) is 5.56. The van der Waals surface area contributed by atoms with Crippen molar-refractivity contribution in [3.63, 3.8) is 0 Å². The van der Waals surface area contributed by atoms with Gasteiger partial charge >= 0.3 is 0 Å². The van der Waals surface area contributed by atoms with E-state index in [1.165, 1.54) is 31.2 Å². The van der Waals surface area contributed by atoms with Crippen molar-refractivity contribution >= 4 is 0 Å². The second kappa shape index (κ2) is 4.12. The predicted octanol–water partition coefficient (Wildman–Crippen LogP) is 3.99. The summed E-state index contributed by atoms with van der Waals surface area (Å²) in [4.78, 5) is 0. The fourth-order valence-electron chi connectivity index (χ4n) is 3.52. The minimum atomic E-state index is 0.670. The van der Waals surface area contributed by atoms with E-state index in [-0.39, 0.29) is 0 Å². The summed E-state index contributed by atoms with van der Waals surface area (Å²) < 4.78 is 5.99. The molecule has 3 atom stereocenters. The second-order valence-corrected chi connectivity index (χ2v) is 5.35. The molecule has 0 spiro atoms. The fourth-order valence-corrected chi connectivity index (χ4v) is 3.52. The van der Waals surface area contributed by atoms with Crippen molar-refractivity contribution in [2.45, 2.75) is 38.5 Å². The van der Waals surface area contributed by atoms with Gasteiger partial charge in [0.25, 0.3) is 0 Å². The molecule has 3 unspecified atom stereocenters. The smallest absolute Gasteiger partial charge is 0.122 e. The third-order valence-electron chi connectivity index (χ3n) is 4.47. The molecule has 2 aliphatic rings. The standard InChI is InChI=1S/C15H20O/c1-11-13-7-3-2-6-12(13)10-16-15-9-5-4-8-14(11)15/h4-5,8-9,11-13H,2-3,6-7,10H2,1H3. The van der Waals surface area contributed by atoms with Gasteiger partial charge in [0, 0.05) is 0 Å². The number of rotatable bonds is 0. The first-order chi connectivity index (χ1) is 7.86. The van der Waals surface area contributed by atoms with E-state index >= 15 is 0 Å². The molecule has 0 aromatic heterocycles. The molecule has 0 amide bonds. The first-order valence-electron chi connectivity index (χ1n) is 6.58. The van der Waals surface area contributed by atoms with Crippen LogP contribution in [0.4, 0.5) is 0 Å². The Hall–Kier alpha value is -0.980. The van der Waals surface area contributed by atoms with Gasteiger partial charge < -0.3 is 4.74 Å². The number of hydrogen-bond donors (Lipinski definition) is 0. The van der Waals surface area contributed by atoms with Crippen LogP contribution in [0.15, 0.2) is 24.3 Å². The minimum absolute atomic E-state index is 0.670. The molecule has 1 heterocycles. The predicted molar refractivity (Wildman–Crippen MR) is 65.8 cm³/mol. The van der Waals surface area contributed by atoms with Gasteiger partial charge in [-0.3, -0.25) is 0 Å². The number of ether oxygens (including phenoxy) is 1. The molecule has 3 rings (SSSR count). The van der Waals surface area contributed by atoms with Crippen molar-refractivity contribution in [1.29, 1.82) is 0 Å². The highest BCUT2D eigenvalue weighted by atomic mass is 16.5. The first kappa shape index (κ1) is 10.2. The zero-order valence-corrected chi connectivity index (χ0v) is 9.99. The van der Waals surface area contributed by atoms with Gasteiger partial charge in [-0.15, -0.1) is 0 Å². The number of benzene rings is 1. The van der Waals surface area contributed by atoms with Crippen LogP contribution >= 0.6 is 0 Å². The van der Waals surface area contributed by atoms with Crippen LogP contribution in [0.25, 0.3) is 0 Å². The van der Waals surface area contributed by atoms with Crippen LogP contribution < -0.4 is 4.74 Å². The summed E-state index contributed by atoms with van der Waals surface area (Å²) in [5.41, 5.74) is 1.43.